The third-order valence-corrected chi connectivity index (χ3v) is 3.84. The zero-order valence-corrected chi connectivity index (χ0v) is 10.7. The molecule has 0 radical (unpaired) electrons. The third-order valence-electron chi connectivity index (χ3n) is 2.38. The summed E-state index contributed by atoms with van der Waals surface area (Å²) in [6.07, 6.45) is 0.302. The Bertz CT molecular complexity index is 538. The van der Waals surface area contributed by atoms with Crippen LogP contribution in [0, 0.1) is 6.92 Å². The van der Waals surface area contributed by atoms with Crippen LogP contribution in [0.4, 0.5) is 0 Å². The van der Waals surface area contributed by atoms with E-state index in [-0.39, 0.29) is 23.6 Å². The fourth-order valence-electron chi connectivity index (χ4n) is 1.37. The Kier molecular flexibility index (Phi) is 4.83. The number of sulfonamides is 1. The maximum Gasteiger partial charge on any atom is 0.335 e. The molecule has 18 heavy (non-hydrogen) atoms. The van der Waals surface area contributed by atoms with E-state index in [4.69, 9.17) is 10.2 Å². The lowest BCUT2D eigenvalue weighted by molar-refractivity contribution is 0.0696. The van der Waals surface area contributed by atoms with E-state index >= 15 is 0 Å². The highest BCUT2D eigenvalue weighted by molar-refractivity contribution is 7.89. The molecule has 0 saturated heterocycles. The van der Waals surface area contributed by atoms with Gasteiger partial charge in [0, 0.05) is 13.2 Å². The molecule has 6 nitrogen and oxygen atoms in total. The van der Waals surface area contributed by atoms with Gasteiger partial charge in [0.2, 0.25) is 10.0 Å². The number of benzene rings is 1. The maximum atomic E-state index is 11.8. The summed E-state index contributed by atoms with van der Waals surface area (Å²) < 4.78 is 25.9. The number of aromatic carboxylic acids is 1. The number of aliphatic hydroxyl groups is 1. The topological polar surface area (TPSA) is 104 Å². The molecule has 1 aromatic carbocycles. The number of carboxylic acid groups (broad SMARTS) is 1. The Morgan fingerprint density at radius 3 is 2.61 bits per heavy atom. The highest BCUT2D eigenvalue weighted by Gasteiger charge is 2.16. The van der Waals surface area contributed by atoms with E-state index in [1.807, 2.05) is 0 Å². The average Bonchev–Trinajstić information content (AvgIpc) is 2.29. The number of hydrogen-bond donors (Lipinski definition) is 3. The van der Waals surface area contributed by atoms with Crippen molar-refractivity contribution in [1.29, 1.82) is 0 Å². The van der Waals surface area contributed by atoms with Crippen LogP contribution < -0.4 is 4.72 Å². The molecule has 0 heterocycles. The number of nitrogens with one attached hydrogen (secondary N) is 1. The molecular weight excluding hydrogens is 258 g/mol. The first kappa shape index (κ1) is 14.6. The van der Waals surface area contributed by atoms with Crippen molar-refractivity contribution in [3.05, 3.63) is 29.3 Å². The molecule has 0 amide bonds. The fourth-order valence-corrected chi connectivity index (χ4v) is 2.47. The molecule has 0 aliphatic heterocycles. The average molecular weight is 273 g/mol. The summed E-state index contributed by atoms with van der Waals surface area (Å²) in [7, 11) is -3.73. The third kappa shape index (κ3) is 3.52. The van der Waals surface area contributed by atoms with Crippen LogP contribution in [-0.4, -0.2) is 37.8 Å². The first-order chi connectivity index (χ1) is 8.38. The van der Waals surface area contributed by atoms with E-state index < -0.39 is 16.0 Å². The molecule has 1 rings (SSSR count). The molecule has 0 saturated carbocycles. The van der Waals surface area contributed by atoms with Gasteiger partial charge in [0.15, 0.2) is 0 Å². The lowest BCUT2D eigenvalue weighted by Crippen LogP contribution is -2.25. The van der Waals surface area contributed by atoms with Gasteiger partial charge in [0.1, 0.15) is 0 Å². The summed E-state index contributed by atoms with van der Waals surface area (Å²) >= 11 is 0. The van der Waals surface area contributed by atoms with Crippen molar-refractivity contribution in [1.82, 2.24) is 4.72 Å². The van der Waals surface area contributed by atoms with Crippen molar-refractivity contribution < 1.29 is 23.4 Å². The van der Waals surface area contributed by atoms with Gasteiger partial charge in [0.05, 0.1) is 10.5 Å². The second-order valence-electron chi connectivity index (χ2n) is 3.76. The lowest BCUT2D eigenvalue weighted by Gasteiger charge is -2.08. The molecule has 0 aliphatic carbocycles. The van der Waals surface area contributed by atoms with Crippen molar-refractivity contribution in [3.8, 4) is 0 Å². The van der Waals surface area contributed by atoms with E-state index in [0.717, 1.165) is 6.07 Å². The largest absolute Gasteiger partial charge is 0.478 e. The minimum absolute atomic E-state index is 0.0416. The number of hydrogen-bond acceptors (Lipinski definition) is 4. The van der Waals surface area contributed by atoms with Crippen molar-refractivity contribution in [2.24, 2.45) is 0 Å². The van der Waals surface area contributed by atoms with E-state index in [2.05, 4.69) is 4.72 Å². The Hall–Kier alpha value is -1.44. The van der Waals surface area contributed by atoms with Crippen molar-refractivity contribution in [2.75, 3.05) is 13.2 Å². The first-order valence-corrected chi connectivity index (χ1v) is 6.81. The van der Waals surface area contributed by atoms with E-state index in [9.17, 15) is 13.2 Å². The second kappa shape index (κ2) is 5.94. The zero-order valence-electron chi connectivity index (χ0n) is 9.88. The highest BCUT2D eigenvalue weighted by atomic mass is 32.2. The standard InChI is InChI=1S/C11H15NO5S/c1-8-3-4-9(7-10(8)11(14)15)18(16,17)12-5-2-6-13/h3-4,7,12-13H,2,5-6H2,1H3,(H,14,15). The summed E-state index contributed by atoms with van der Waals surface area (Å²) in [5.74, 6) is -1.17. The van der Waals surface area contributed by atoms with Gasteiger partial charge in [-0.25, -0.2) is 17.9 Å². The SMILES string of the molecule is Cc1ccc(S(=O)(=O)NCCCO)cc1C(=O)O. The smallest absolute Gasteiger partial charge is 0.335 e. The minimum atomic E-state index is -3.73. The molecule has 100 valence electrons. The van der Waals surface area contributed by atoms with Gasteiger partial charge in [-0.2, -0.15) is 0 Å². The van der Waals surface area contributed by atoms with Crippen LogP contribution in [0.25, 0.3) is 0 Å². The van der Waals surface area contributed by atoms with Gasteiger partial charge in [-0.1, -0.05) is 6.07 Å². The highest BCUT2D eigenvalue weighted by Crippen LogP contribution is 2.15. The molecule has 3 N–H and O–H groups in total. The number of carboxylic acids is 1. The van der Waals surface area contributed by atoms with Gasteiger partial charge < -0.3 is 10.2 Å². The van der Waals surface area contributed by atoms with E-state index in [0.29, 0.717) is 12.0 Å². The second-order valence-corrected chi connectivity index (χ2v) is 5.52. The fraction of sp³-hybridized carbons (Fsp3) is 0.364. The summed E-state index contributed by atoms with van der Waals surface area (Å²) in [5.41, 5.74) is 0.455. The predicted octanol–water partition coefficient (Wildman–Crippen LogP) is 0.354. The van der Waals surface area contributed by atoms with Crippen LogP contribution in [0.5, 0.6) is 0 Å². The molecule has 0 aliphatic rings. The number of aryl methyl sites for hydroxylation is 1. The lowest BCUT2D eigenvalue weighted by atomic mass is 10.1. The maximum absolute atomic E-state index is 11.8. The van der Waals surface area contributed by atoms with Gasteiger partial charge in [-0.3, -0.25) is 0 Å². The molecule has 0 aromatic heterocycles. The molecule has 0 fully saturated rings. The number of carbonyl (C=O) groups is 1. The van der Waals surface area contributed by atoms with Gasteiger partial charge in [-0.15, -0.1) is 0 Å². The molecule has 0 bridgehead atoms. The molecule has 0 spiro atoms. The van der Waals surface area contributed by atoms with E-state index in [1.165, 1.54) is 12.1 Å². The Morgan fingerprint density at radius 1 is 1.39 bits per heavy atom. The predicted molar refractivity (Wildman–Crippen MR) is 65.0 cm³/mol. The van der Waals surface area contributed by atoms with Crippen LogP contribution in [0.15, 0.2) is 23.1 Å². The normalized spacial score (nSPS) is 11.4. The van der Waals surface area contributed by atoms with Crippen molar-refractivity contribution in [3.63, 3.8) is 0 Å². The van der Waals surface area contributed by atoms with Gasteiger partial charge >= 0.3 is 5.97 Å². The summed E-state index contributed by atoms with van der Waals surface area (Å²) in [6.45, 7) is 1.59. The monoisotopic (exact) mass is 273 g/mol. The molecule has 0 unspecified atom stereocenters. The Balaban J connectivity index is 3.02. The van der Waals surface area contributed by atoms with Gasteiger partial charge in [0.25, 0.3) is 0 Å². The summed E-state index contributed by atoms with van der Waals surface area (Å²) in [4.78, 5) is 10.8. The Morgan fingerprint density at radius 2 is 2.06 bits per heavy atom. The van der Waals surface area contributed by atoms with Crippen LogP contribution >= 0.6 is 0 Å². The summed E-state index contributed by atoms with van der Waals surface area (Å²) in [6, 6.07) is 3.92. The van der Waals surface area contributed by atoms with Crippen LogP contribution in [0.2, 0.25) is 0 Å². The number of rotatable bonds is 6. The first-order valence-electron chi connectivity index (χ1n) is 5.33. The van der Waals surface area contributed by atoms with Crippen LogP contribution in [0.1, 0.15) is 22.3 Å². The van der Waals surface area contributed by atoms with Crippen molar-refractivity contribution >= 4 is 16.0 Å². The molecule has 0 atom stereocenters. The molecular formula is C11H15NO5S. The Labute approximate surface area is 105 Å². The van der Waals surface area contributed by atoms with E-state index in [1.54, 1.807) is 6.92 Å². The number of aliphatic hydroxyl groups excluding tert-OH is 1. The van der Waals surface area contributed by atoms with Gasteiger partial charge in [-0.05, 0) is 31.0 Å². The molecule has 7 heteroatoms. The van der Waals surface area contributed by atoms with Crippen LogP contribution in [-0.2, 0) is 10.0 Å². The summed E-state index contributed by atoms with van der Waals surface area (Å²) in [5, 5.41) is 17.5. The quantitative estimate of drug-likeness (QED) is 0.649. The zero-order chi connectivity index (χ0) is 13.8. The minimum Gasteiger partial charge on any atom is -0.478 e. The van der Waals surface area contributed by atoms with Crippen molar-refractivity contribution in [2.45, 2.75) is 18.2 Å². The van der Waals surface area contributed by atoms with Crippen LogP contribution in [0.3, 0.4) is 0 Å². The molecule has 1 aromatic rings.